The first kappa shape index (κ1) is 13.5. The van der Waals surface area contributed by atoms with E-state index >= 15 is 0 Å². The maximum absolute atomic E-state index is 11.9. The summed E-state index contributed by atoms with van der Waals surface area (Å²) in [5.74, 6) is 0.744. The van der Waals surface area contributed by atoms with Gasteiger partial charge in [-0.25, -0.2) is 0 Å². The summed E-state index contributed by atoms with van der Waals surface area (Å²) in [5.41, 5.74) is 0. The lowest BCUT2D eigenvalue weighted by atomic mass is 9.91. The van der Waals surface area contributed by atoms with E-state index < -0.39 is 0 Å². The number of likely N-dealkylation sites (N-methyl/N-ethyl adjacent to an activating group) is 1. The van der Waals surface area contributed by atoms with Gasteiger partial charge in [0, 0.05) is 13.5 Å². The van der Waals surface area contributed by atoms with Gasteiger partial charge in [0.05, 0.1) is 12.1 Å². The second-order valence-electron chi connectivity index (χ2n) is 5.36. The average Bonchev–Trinajstić information content (AvgIpc) is 2.25. The summed E-state index contributed by atoms with van der Waals surface area (Å²) in [5, 5.41) is 9.87. The van der Waals surface area contributed by atoms with Crippen LogP contribution in [0, 0.1) is 5.92 Å². The van der Waals surface area contributed by atoms with Crippen LogP contribution < -0.4 is 0 Å². The van der Waals surface area contributed by atoms with Crippen molar-refractivity contribution < 1.29 is 9.90 Å². The summed E-state index contributed by atoms with van der Waals surface area (Å²) in [7, 11) is 1.84. The van der Waals surface area contributed by atoms with E-state index in [4.69, 9.17) is 0 Å². The summed E-state index contributed by atoms with van der Waals surface area (Å²) in [6.07, 6.45) is 5.23. The molecule has 1 N–H and O–H groups in total. The minimum atomic E-state index is -0.318. The maximum atomic E-state index is 11.9. The first-order valence-corrected chi connectivity index (χ1v) is 6.46. The van der Waals surface area contributed by atoms with Gasteiger partial charge in [-0.05, 0) is 25.2 Å². The zero-order chi connectivity index (χ0) is 12.1. The standard InChI is InChI=1S/C13H25NO2/c1-10(2)8-9-13(16)14(3)11-6-4-5-7-12(11)15/h10-12,15H,4-9H2,1-3H3. The number of hydrogen-bond acceptors (Lipinski definition) is 2. The molecule has 2 atom stereocenters. The molecule has 1 amide bonds. The van der Waals surface area contributed by atoms with Crippen molar-refractivity contribution in [1.29, 1.82) is 0 Å². The Morgan fingerprint density at radius 3 is 2.56 bits per heavy atom. The fraction of sp³-hybridized carbons (Fsp3) is 0.923. The fourth-order valence-corrected chi connectivity index (χ4v) is 2.32. The number of aliphatic hydroxyl groups is 1. The Balaban J connectivity index is 2.42. The summed E-state index contributed by atoms with van der Waals surface area (Å²) >= 11 is 0. The number of amides is 1. The number of aliphatic hydroxyl groups excluding tert-OH is 1. The molecule has 1 rings (SSSR count). The molecule has 0 radical (unpaired) electrons. The van der Waals surface area contributed by atoms with Gasteiger partial charge in [0.15, 0.2) is 0 Å². The number of rotatable bonds is 4. The Kier molecular flexibility index (Phi) is 5.26. The summed E-state index contributed by atoms with van der Waals surface area (Å²) in [4.78, 5) is 13.7. The second kappa shape index (κ2) is 6.24. The van der Waals surface area contributed by atoms with E-state index in [0.29, 0.717) is 12.3 Å². The van der Waals surface area contributed by atoms with Gasteiger partial charge in [0.1, 0.15) is 0 Å². The lowest BCUT2D eigenvalue weighted by molar-refractivity contribution is -0.135. The molecule has 0 aromatic rings. The number of carbonyl (C=O) groups excluding carboxylic acids is 1. The van der Waals surface area contributed by atoms with Gasteiger partial charge >= 0.3 is 0 Å². The highest BCUT2D eigenvalue weighted by Crippen LogP contribution is 2.23. The largest absolute Gasteiger partial charge is 0.391 e. The van der Waals surface area contributed by atoms with Crippen molar-refractivity contribution in [2.24, 2.45) is 5.92 Å². The van der Waals surface area contributed by atoms with Gasteiger partial charge in [0.25, 0.3) is 0 Å². The van der Waals surface area contributed by atoms with E-state index in [0.717, 1.165) is 32.1 Å². The quantitative estimate of drug-likeness (QED) is 0.799. The highest BCUT2D eigenvalue weighted by atomic mass is 16.3. The first-order valence-electron chi connectivity index (χ1n) is 6.46. The van der Waals surface area contributed by atoms with Crippen LogP contribution in [-0.2, 0) is 4.79 Å². The predicted octanol–water partition coefficient (Wildman–Crippen LogP) is 2.18. The molecule has 0 aliphatic heterocycles. The molecule has 0 heterocycles. The highest BCUT2D eigenvalue weighted by molar-refractivity contribution is 5.76. The monoisotopic (exact) mass is 227 g/mol. The lowest BCUT2D eigenvalue weighted by Gasteiger charge is -2.35. The van der Waals surface area contributed by atoms with Crippen LogP contribution in [0.4, 0.5) is 0 Å². The van der Waals surface area contributed by atoms with E-state index in [9.17, 15) is 9.90 Å². The van der Waals surface area contributed by atoms with Gasteiger partial charge in [-0.1, -0.05) is 26.7 Å². The number of hydrogen-bond donors (Lipinski definition) is 1. The summed E-state index contributed by atoms with van der Waals surface area (Å²) < 4.78 is 0. The predicted molar refractivity (Wildman–Crippen MR) is 65.1 cm³/mol. The van der Waals surface area contributed by atoms with Gasteiger partial charge in [-0.15, -0.1) is 0 Å². The van der Waals surface area contributed by atoms with E-state index in [2.05, 4.69) is 13.8 Å². The highest BCUT2D eigenvalue weighted by Gasteiger charge is 2.28. The van der Waals surface area contributed by atoms with Gasteiger partial charge in [0.2, 0.25) is 5.91 Å². The van der Waals surface area contributed by atoms with Crippen molar-refractivity contribution in [3.05, 3.63) is 0 Å². The molecule has 1 aliphatic rings. The van der Waals surface area contributed by atoms with Crippen molar-refractivity contribution in [3.63, 3.8) is 0 Å². The van der Waals surface area contributed by atoms with Crippen LogP contribution in [0.3, 0.4) is 0 Å². The van der Waals surface area contributed by atoms with Gasteiger partial charge < -0.3 is 10.0 Å². The molecule has 1 fully saturated rings. The zero-order valence-electron chi connectivity index (χ0n) is 10.8. The van der Waals surface area contributed by atoms with E-state index in [1.807, 2.05) is 7.05 Å². The molecule has 1 saturated carbocycles. The Bertz CT molecular complexity index is 228. The molecule has 3 heteroatoms. The molecule has 2 unspecified atom stereocenters. The Labute approximate surface area is 98.8 Å². The molecule has 16 heavy (non-hydrogen) atoms. The second-order valence-corrected chi connectivity index (χ2v) is 5.36. The molecule has 0 bridgehead atoms. The minimum absolute atomic E-state index is 0.0495. The SMILES string of the molecule is CC(C)CCC(=O)N(C)C1CCCCC1O. The smallest absolute Gasteiger partial charge is 0.222 e. The molecule has 0 spiro atoms. The van der Waals surface area contributed by atoms with Crippen molar-refractivity contribution in [2.75, 3.05) is 7.05 Å². The molecule has 94 valence electrons. The normalized spacial score (nSPS) is 25.8. The third-order valence-electron chi connectivity index (χ3n) is 3.52. The Morgan fingerprint density at radius 2 is 2.00 bits per heavy atom. The van der Waals surface area contributed by atoms with Crippen molar-refractivity contribution in [1.82, 2.24) is 4.90 Å². The third kappa shape index (κ3) is 3.78. The third-order valence-corrected chi connectivity index (χ3v) is 3.52. The summed E-state index contributed by atoms with van der Waals surface area (Å²) in [6.45, 7) is 4.26. The molecular weight excluding hydrogens is 202 g/mol. The Morgan fingerprint density at radius 1 is 1.38 bits per heavy atom. The van der Waals surface area contributed by atoms with Crippen LogP contribution >= 0.6 is 0 Å². The van der Waals surface area contributed by atoms with E-state index in [1.165, 1.54) is 0 Å². The first-order chi connectivity index (χ1) is 7.52. The van der Waals surface area contributed by atoms with E-state index in [-0.39, 0.29) is 18.1 Å². The van der Waals surface area contributed by atoms with E-state index in [1.54, 1.807) is 4.90 Å². The lowest BCUT2D eigenvalue weighted by Crippen LogP contribution is -2.46. The molecule has 0 aromatic heterocycles. The Hall–Kier alpha value is -0.570. The minimum Gasteiger partial charge on any atom is -0.391 e. The van der Waals surface area contributed by atoms with Crippen LogP contribution in [0.5, 0.6) is 0 Å². The molecule has 0 saturated heterocycles. The molecular formula is C13H25NO2. The van der Waals surface area contributed by atoms with Crippen LogP contribution in [0.1, 0.15) is 52.4 Å². The van der Waals surface area contributed by atoms with Crippen LogP contribution in [0.15, 0.2) is 0 Å². The maximum Gasteiger partial charge on any atom is 0.222 e. The molecule has 3 nitrogen and oxygen atoms in total. The van der Waals surface area contributed by atoms with Crippen LogP contribution in [0.25, 0.3) is 0 Å². The number of nitrogens with zero attached hydrogens (tertiary/aromatic N) is 1. The van der Waals surface area contributed by atoms with Crippen molar-refractivity contribution >= 4 is 5.91 Å². The van der Waals surface area contributed by atoms with Crippen LogP contribution in [0.2, 0.25) is 0 Å². The topological polar surface area (TPSA) is 40.5 Å². The summed E-state index contributed by atoms with van der Waals surface area (Å²) in [6, 6.07) is 0.0495. The fourth-order valence-electron chi connectivity index (χ4n) is 2.32. The molecule has 0 aromatic carbocycles. The van der Waals surface area contributed by atoms with Crippen molar-refractivity contribution in [3.8, 4) is 0 Å². The van der Waals surface area contributed by atoms with Gasteiger partial charge in [-0.2, -0.15) is 0 Å². The van der Waals surface area contributed by atoms with Gasteiger partial charge in [-0.3, -0.25) is 4.79 Å². The molecule has 1 aliphatic carbocycles. The number of carbonyl (C=O) groups is 1. The zero-order valence-corrected chi connectivity index (χ0v) is 10.8. The average molecular weight is 227 g/mol. The van der Waals surface area contributed by atoms with Crippen LogP contribution in [-0.4, -0.2) is 35.1 Å². The van der Waals surface area contributed by atoms with Crippen molar-refractivity contribution in [2.45, 2.75) is 64.5 Å².